The first-order chi connectivity index (χ1) is 8.81. The third-order valence-corrected chi connectivity index (χ3v) is 3.62. The fraction of sp³-hybridized carbons (Fsp3) is 0.176. The predicted octanol–water partition coefficient (Wildman–Crippen LogP) is 4.82. The molecule has 1 nitrogen and oxygen atoms in total. The Morgan fingerprint density at radius 3 is 1.84 bits per heavy atom. The molecule has 0 fully saturated rings. The maximum atomic E-state index is 6.33. The molecule has 0 bridgehead atoms. The van der Waals surface area contributed by atoms with Crippen molar-refractivity contribution >= 4 is 34.0 Å². The van der Waals surface area contributed by atoms with Gasteiger partial charge in [-0.1, -0.05) is 55.5 Å². The smallest absolute Gasteiger partial charge is 0.0304 e. The molecule has 0 saturated heterocycles. The maximum absolute atomic E-state index is 6.33. The van der Waals surface area contributed by atoms with Gasteiger partial charge in [0, 0.05) is 6.04 Å². The number of benzene rings is 3. The monoisotopic (exact) mass is 271 g/mol. The molecule has 0 aliphatic heterocycles. The van der Waals surface area contributed by atoms with Crippen molar-refractivity contribution in [3.8, 4) is 0 Å². The van der Waals surface area contributed by atoms with Crippen LogP contribution in [0, 0.1) is 0 Å². The van der Waals surface area contributed by atoms with Crippen LogP contribution in [0.2, 0.25) is 0 Å². The van der Waals surface area contributed by atoms with E-state index in [1.54, 1.807) is 0 Å². The first-order valence-electron chi connectivity index (χ1n) is 6.47. The molecule has 3 aromatic rings. The summed E-state index contributed by atoms with van der Waals surface area (Å²) in [5, 5.41) is 5.11. The molecule has 98 valence electrons. The van der Waals surface area contributed by atoms with Crippen LogP contribution in [0.1, 0.15) is 24.9 Å². The molecular weight excluding hydrogens is 254 g/mol. The SMILES string of the molecule is CC[C@@H](N)c1c2ccccc2cc2ccccc12.Cl. The maximum Gasteiger partial charge on any atom is 0.0304 e. The number of halogens is 1. The number of hydrogen-bond donors (Lipinski definition) is 1. The zero-order chi connectivity index (χ0) is 12.5. The fourth-order valence-electron chi connectivity index (χ4n) is 2.65. The van der Waals surface area contributed by atoms with Gasteiger partial charge in [0.25, 0.3) is 0 Å². The van der Waals surface area contributed by atoms with Gasteiger partial charge in [0.05, 0.1) is 0 Å². The van der Waals surface area contributed by atoms with Gasteiger partial charge in [0.2, 0.25) is 0 Å². The van der Waals surface area contributed by atoms with Crippen molar-refractivity contribution in [2.45, 2.75) is 19.4 Å². The normalized spacial score (nSPS) is 12.3. The van der Waals surface area contributed by atoms with E-state index >= 15 is 0 Å². The van der Waals surface area contributed by atoms with Crippen molar-refractivity contribution in [2.24, 2.45) is 5.73 Å². The van der Waals surface area contributed by atoms with Gasteiger partial charge >= 0.3 is 0 Å². The Balaban J connectivity index is 0.00000133. The van der Waals surface area contributed by atoms with E-state index in [-0.39, 0.29) is 18.4 Å². The van der Waals surface area contributed by atoms with Crippen molar-refractivity contribution in [3.63, 3.8) is 0 Å². The van der Waals surface area contributed by atoms with E-state index in [1.807, 2.05) is 0 Å². The summed E-state index contributed by atoms with van der Waals surface area (Å²) < 4.78 is 0. The quantitative estimate of drug-likeness (QED) is 0.664. The summed E-state index contributed by atoms with van der Waals surface area (Å²) in [5.41, 5.74) is 7.61. The van der Waals surface area contributed by atoms with Crippen LogP contribution in [0.3, 0.4) is 0 Å². The Bertz CT molecular complexity index is 652. The highest BCUT2D eigenvalue weighted by Crippen LogP contribution is 2.32. The highest BCUT2D eigenvalue weighted by molar-refractivity contribution is 6.02. The van der Waals surface area contributed by atoms with E-state index in [1.165, 1.54) is 27.1 Å². The number of nitrogens with two attached hydrogens (primary N) is 1. The Morgan fingerprint density at radius 1 is 0.895 bits per heavy atom. The standard InChI is InChI=1S/C17H17N.ClH/c1-2-16(18)17-14-9-5-3-7-12(14)11-13-8-4-6-10-15(13)17;/h3-11,16H,2,18H2,1H3;1H/t16-;/m1./s1. The minimum absolute atomic E-state index is 0. The predicted molar refractivity (Wildman–Crippen MR) is 85.9 cm³/mol. The molecule has 0 amide bonds. The average Bonchev–Trinajstić information content (AvgIpc) is 2.44. The Morgan fingerprint density at radius 2 is 1.37 bits per heavy atom. The molecule has 1 atom stereocenters. The van der Waals surface area contributed by atoms with Gasteiger partial charge in [-0.25, -0.2) is 0 Å². The molecule has 0 aliphatic rings. The summed E-state index contributed by atoms with van der Waals surface area (Å²) >= 11 is 0. The largest absolute Gasteiger partial charge is 0.324 e. The summed E-state index contributed by atoms with van der Waals surface area (Å²) in [6.07, 6.45) is 0.956. The van der Waals surface area contributed by atoms with E-state index in [0.717, 1.165) is 6.42 Å². The Hall–Kier alpha value is -1.57. The molecule has 3 rings (SSSR count). The lowest BCUT2D eigenvalue weighted by atomic mass is 9.91. The van der Waals surface area contributed by atoms with E-state index in [2.05, 4.69) is 61.5 Å². The van der Waals surface area contributed by atoms with E-state index in [4.69, 9.17) is 5.73 Å². The van der Waals surface area contributed by atoms with E-state index in [0.29, 0.717) is 0 Å². The van der Waals surface area contributed by atoms with Gasteiger partial charge in [0.1, 0.15) is 0 Å². The van der Waals surface area contributed by atoms with Crippen molar-refractivity contribution in [2.75, 3.05) is 0 Å². The van der Waals surface area contributed by atoms with Crippen LogP contribution in [-0.4, -0.2) is 0 Å². The first kappa shape index (κ1) is 13.9. The second-order valence-corrected chi connectivity index (χ2v) is 4.75. The van der Waals surface area contributed by atoms with Gasteiger partial charge in [0.15, 0.2) is 0 Å². The molecule has 3 aromatic carbocycles. The number of fused-ring (bicyclic) bond motifs is 2. The zero-order valence-electron chi connectivity index (χ0n) is 11.0. The van der Waals surface area contributed by atoms with E-state index in [9.17, 15) is 0 Å². The number of rotatable bonds is 2. The van der Waals surface area contributed by atoms with Crippen molar-refractivity contribution < 1.29 is 0 Å². The number of hydrogen-bond acceptors (Lipinski definition) is 1. The Labute approximate surface area is 119 Å². The average molecular weight is 272 g/mol. The van der Waals surface area contributed by atoms with Gasteiger partial charge < -0.3 is 5.73 Å². The molecule has 0 aromatic heterocycles. The molecule has 0 spiro atoms. The minimum atomic E-state index is 0. The van der Waals surface area contributed by atoms with Gasteiger partial charge in [-0.05, 0) is 39.6 Å². The first-order valence-corrected chi connectivity index (χ1v) is 6.47. The van der Waals surface area contributed by atoms with Crippen molar-refractivity contribution in [1.82, 2.24) is 0 Å². The highest BCUT2D eigenvalue weighted by Gasteiger charge is 2.12. The third kappa shape index (κ3) is 2.32. The van der Waals surface area contributed by atoms with Crippen molar-refractivity contribution in [3.05, 3.63) is 60.2 Å². The van der Waals surface area contributed by atoms with Gasteiger partial charge in [-0.15, -0.1) is 12.4 Å². The highest BCUT2D eigenvalue weighted by atomic mass is 35.5. The molecule has 0 saturated carbocycles. The lowest BCUT2D eigenvalue weighted by molar-refractivity contribution is 0.709. The van der Waals surface area contributed by atoms with Crippen LogP contribution < -0.4 is 5.73 Å². The van der Waals surface area contributed by atoms with E-state index < -0.39 is 0 Å². The molecule has 0 radical (unpaired) electrons. The van der Waals surface area contributed by atoms with Crippen molar-refractivity contribution in [1.29, 1.82) is 0 Å². The lowest BCUT2D eigenvalue weighted by Gasteiger charge is -2.16. The molecule has 19 heavy (non-hydrogen) atoms. The topological polar surface area (TPSA) is 26.0 Å². The summed E-state index contributed by atoms with van der Waals surface area (Å²) in [5.74, 6) is 0. The molecule has 0 aliphatic carbocycles. The molecule has 2 N–H and O–H groups in total. The summed E-state index contributed by atoms with van der Waals surface area (Å²) in [4.78, 5) is 0. The minimum Gasteiger partial charge on any atom is -0.324 e. The Kier molecular flexibility index (Phi) is 4.08. The summed E-state index contributed by atoms with van der Waals surface area (Å²) in [6.45, 7) is 2.14. The third-order valence-electron chi connectivity index (χ3n) is 3.62. The molecule has 0 unspecified atom stereocenters. The van der Waals surface area contributed by atoms with Crippen LogP contribution in [0.15, 0.2) is 54.6 Å². The molecular formula is C17H18ClN. The fourth-order valence-corrected chi connectivity index (χ4v) is 2.65. The van der Waals surface area contributed by atoms with Gasteiger partial charge in [-0.2, -0.15) is 0 Å². The second-order valence-electron chi connectivity index (χ2n) is 4.75. The van der Waals surface area contributed by atoms with Crippen LogP contribution in [0.5, 0.6) is 0 Å². The summed E-state index contributed by atoms with van der Waals surface area (Å²) in [7, 11) is 0. The van der Waals surface area contributed by atoms with Crippen LogP contribution in [0.4, 0.5) is 0 Å². The zero-order valence-corrected chi connectivity index (χ0v) is 11.8. The van der Waals surface area contributed by atoms with Crippen LogP contribution in [-0.2, 0) is 0 Å². The molecule has 2 heteroatoms. The van der Waals surface area contributed by atoms with Crippen LogP contribution >= 0.6 is 12.4 Å². The lowest BCUT2D eigenvalue weighted by Crippen LogP contribution is -2.09. The summed E-state index contributed by atoms with van der Waals surface area (Å²) in [6, 6.07) is 19.3. The van der Waals surface area contributed by atoms with Crippen LogP contribution in [0.25, 0.3) is 21.5 Å². The van der Waals surface area contributed by atoms with Gasteiger partial charge in [-0.3, -0.25) is 0 Å². The molecule has 0 heterocycles. The second kappa shape index (κ2) is 5.60.